The molecule has 1 fully saturated rings. The summed E-state index contributed by atoms with van der Waals surface area (Å²) >= 11 is 1.42. The second-order valence-corrected chi connectivity index (χ2v) is 6.44. The van der Waals surface area contributed by atoms with Gasteiger partial charge in [0.05, 0.1) is 10.2 Å². The molecule has 0 saturated carbocycles. The Morgan fingerprint density at radius 1 is 1.30 bits per heavy atom. The van der Waals surface area contributed by atoms with Gasteiger partial charge in [-0.15, -0.1) is 0 Å². The first kappa shape index (κ1) is 15.6. The van der Waals surface area contributed by atoms with Gasteiger partial charge in [0.1, 0.15) is 0 Å². The minimum absolute atomic E-state index is 0.0909. The molecule has 3 rings (SSSR count). The van der Waals surface area contributed by atoms with Crippen LogP contribution in [0.5, 0.6) is 0 Å². The molecule has 0 radical (unpaired) electrons. The van der Waals surface area contributed by atoms with Crippen LogP contribution in [0.3, 0.4) is 0 Å². The van der Waals surface area contributed by atoms with E-state index in [2.05, 4.69) is 23.3 Å². The van der Waals surface area contributed by atoms with E-state index < -0.39 is 0 Å². The summed E-state index contributed by atoms with van der Waals surface area (Å²) in [5, 5.41) is 3.28. The Morgan fingerprint density at radius 3 is 2.74 bits per heavy atom. The lowest BCUT2D eigenvalue weighted by atomic mass is 10.2. The maximum Gasteiger partial charge on any atom is 0.229 e. The van der Waals surface area contributed by atoms with Crippen LogP contribution in [-0.4, -0.2) is 34.2 Å². The molecule has 0 atom stereocenters. The number of carbonyl (C=O) groups excluding carboxylic acids is 3. The average Bonchev–Trinajstić information content (AvgIpc) is 3.07. The molecule has 1 aromatic carbocycles. The van der Waals surface area contributed by atoms with Crippen molar-refractivity contribution in [3.8, 4) is 0 Å². The number of thiazole rings is 1. The standard InChI is InChI=1S/C16H17N3O3S/c1-2-10-3-4-11-12(9-10)23-16(17-11)18-13(20)7-8-19-14(21)5-6-15(19)22/h3-4,9H,2,5-8H2,1H3,(H,17,18,20). The van der Waals surface area contributed by atoms with E-state index in [-0.39, 0.29) is 43.5 Å². The molecule has 1 saturated heterocycles. The maximum atomic E-state index is 12.0. The van der Waals surface area contributed by atoms with Crippen molar-refractivity contribution in [3.05, 3.63) is 23.8 Å². The summed E-state index contributed by atoms with van der Waals surface area (Å²) in [4.78, 5) is 40.5. The number of imide groups is 1. The molecule has 6 nitrogen and oxygen atoms in total. The van der Waals surface area contributed by atoms with Crippen molar-refractivity contribution < 1.29 is 14.4 Å². The highest BCUT2D eigenvalue weighted by Gasteiger charge is 2.28. The molecule has 120 valence electrons. The summed E-state index contributed by atoms with van der Waals surface area (Å²) in [6.07, 6.45) is 1.54. The quantitative estimate of drug-likeness (QED) is 0.853. The predicted octanol–water partition coefficient (Wildman–Crippen LogP) is 2.34. The molecule has 3 amide bonds. The summed E-state index contributed by atoms with van der Waals surface area (Å²) in [5.74, 6) is -0.642. The number of anilines is 1. The van der Waals surface area contributed by atoms with Crippen LogP contribution in [0.2, 0.25) is 0 Å². The number of carbonyl (C=O) groups is 3. The smallest absolute Gasteiger partial charge is 0.229 e. The monoisotopic (exact) mass is 331 g/mol. The van der Waals surface area contributed by atoms with E-state index in [0.29, 0.717) is 5.13 Å². The number of benzene rings is 1. The van der Waals surface area contributed by atoms with Gasteiger partial charge in [0.25, 0.3) is 0 Å². The number of nitrogens with one attached hydrogen (secondary N) is 1. The second kappa shape index (κ2) is 6.45. The molecule has 0 spiro atoms. The van der Waals surface area contributed by atoms with Gasteiger partial charge in [0.2, 0.25) is 17.7 Å². The van der Waals surface area contributed by atoms with Gasteiger partial charge in [-0.2, -0.15) is 0 Å². The maximum absolute atomic E-state index is 12.0. The first-order valence-electron chi connectivity index (χ1n) is 7.59. The highest BCUT2D eigenvalue weighted by molar-refractivity contribution is 7.22. The molecule has 2 heterocycles. The van der Waals surface area contributed by atoms with Gasteiger partial charge in [-0.25, -0.2) is 4.98 Å². The third kappa shape index (κ3) is 3.39. The molecular weight excluding hydrogens is 314 g/mol. The van der Waals surface area contributed by atoms with Crippen LogP contribution in [0.25, 0.3) is 10.2 Å². The molecule has 23 heavy (non-hydrogen) atoms. The van der Waals surface area contributed by atoms with Crippen LogP contribution in [0.4, 0.5) is 5.13 Å². The lowest BCUT2D eigenvalue weighted by molar-refractivity contribution is -0.138. The van der Waals surface area contributed by atoms with Crippen molar-refractivity contribution >= 4 is 44.4 Å². The topological polar surface area (TPSA) is 79.4 Å². The van der Waals surface area contributed by atoms with Crippen molar-refractivity contribution in [2.75, 3.05) is 11.9 Å². The van der Waals surface area contributed by atoms with Crippen molar-refractivity contribution in [2.45, 2.75) is 32.6 Å². The number of aromatic nitrogens is 1. The number of aryl methyl sites for hydroxylation is 1. The van der Waals surface area contributed by atoms with Gasteiger partial charge < -0.3 is 5.32 Å². The van der Waals surface area contributed by atoms with E-state index in [1.165, 1.54) is 16.9 Å². The number of hydrogen-bond donors (Lipinski definition) is 1. The number of amides is 3. The fourth-order valence-corrected chi connectivity index (χ4v) is 3.46. The Morgan fingerprint density at radius 2 is 2.04 bits per heavy atom. The molecule has 0 aliphatic carbocycles. The minimum atomic E-state index is -0.243. The van der Waals surface area contributed by atoms with Crippen LogP contribution in [-0.2, 0) is 20.8 Å². The molecule has 2 aromatic rings. The Kier molecular flexibility index (Phi) is 4.38. The van der Waals surface area contributed by atoms with Crippen molar-refractivity contribution in [1.82, 2.24) is 9.88 Å². The molecule has 1 aromatic heterocycles. The van der Waals surface area contributed by atoms with E-state index in [0.717, 1.165) is 21.5 Å². The summed E-state index contributed by atoms with van der Waals surface area (Å²) in [7, 11) is 0. The number of fused-ring (bicyclic) bond motifs is 1. The van der Waals surface area contributed by atoms with Crippen LogP contribution in [0, 0.1) is 0 Å². The number of rotatable bonds is 5. The number of likely N-dealkylation sites (tertiary alicyclic amines) is 1. The third-order valence-electron chi connectivity index (χ3n) is 3.82. The van der Waals surface area contributed by atoms with E-state index in [1.54, 1.807) is 0 Å². The normalized spacial score (nSPS) is 14.7. The first-order chi connectivity index (χ1) is 11.1. The minimum Gasteiger partial charge on any atom is -0.302 e. The summed E-state index contributed by atoms with van der Waals surface area (Å²) < 4.78 is 1.03. The Bertz CT molecular complexity index is 768. The van der Waals surface area contributed by atoms with Gasteiger partial charge in [-0.05, 0) is 24.1 Å². The largest absolute Gasteiger partial charge is 0.302 e. The average molecular weight is 331 g/mol. The highest BCUT2D eigenvalue weighted by atomic mass is 32.1. The lowest BCUT2D eigenvalue weighted by Gasteiger charge is -2.12. The van der Waals surface area contributed by atoms with Crippen molar-refractivity contribution in [3.63, 3.8) is 0 Å². The fourth-order valence-electron chi connectivity index (χ4n) is 2.51. The van der Waals surface area contributed by atoms with Gasteiger partial charge in [0, 0.05) is 25.8 Å². The van der Waals surface area contributed by atoms with Crippen LogP contribution < -0.4 is 5.32 Å². The first-order valence-corrected chi connectivity index (χ1v) is 8.41. The molecule has 1 aliphatic heterocycles. The van der Waals surface area contributed by atoms with Crippen LogP contribution >= 0.6 is 11.3 Å². The molecule has 1 aliphatic rings. The van der Waals surface area contributed by atoms with E-state index in [4.69, 9.17) is 0 Å². The Hall–Kier alpha value is -2.28. The van der Waals surface area contributed by atoms with E-state index >= 15 is 0 Å². The molecule has 0 unspecified atom stereocenters. The molecule has 7 heteroatoms. The third-order valence-corrected chi connectivity index (χ3v) is 4.76. The van der Waals surface area contributed by atoms with Gasteiger partial charge in [-0.1, -0.05) is 24.3 Å². The van der Waals surface area contributed by atoms with Crippen LogP contribution in [0.15, 0.2) is 18.2 Å². The zero-order chi connectivity index (χ0) is 16.4. The number of nitrogens with zero attached hydrogens (tertiary/aromatic N) is 2. The molecular formula is C16H17N3O3S. The van der Waals surface area contributed by atoms with Gasteiger partial charge >= 0.3 is 0 Å². The zero-order valence-corrected chi connectivity index (χ0v) is 13.6. The van der Waals surface area contributed by atoms with Crippen molar-refractivity contribution in [2.24, 2.45) is 0 Å². The fraction of sp³-hybridized carbons (Fsp3) is 0.375. The van der Waals surface area contributed by atoms with Crippen LogP contribution in [0.1, 0.15) is 31.7 Å². The van der Waals surface area contributed by atoms with E-state index in [9.17, 15) is 14.4 Å². The summed E-state index contributed by atoms with van der Waals surface area (Å²) in [6.45, 7) is 2.22. The van der Waals surface area contributed by atoms with Gasteiger partial charge in [-0.3, -0.25) is 19.3 Å². The molecule has 0 bridgehead atoms. The van der Waals surface area contributed by atoms with Gasteiger partial charge in [0.15, 0.2) is 5.13 Å². The molecule has 1 N–H and O–H groups in total. The Labute approximate surface area is 137 Å². The lowest BCUT2D eigenvalue weighted by Crippen LogP contribution is -2.32. The predicted molar refractivity (Wildman–Crippen MR) is 88.2 cm³/mol. The SMILES string of the molecule is CCc1ccc2nc(NC(=O)CCN3C(=O)CCC3=O)sc2c1. The highest BCUT2D eigenvalue weighted by Crippen LogP contribution is 2.27. The Balaban J connectivity index is 1.61. The summed E-state index contributed by atoms with van der Waals surface area (Å²) in [5.41, 5.74) is 2.08. The summed E-state index contributed by atoms with van der Waals surface area (Å²) in [6, 6.07) is 6.05. The van der Waals surface area contributed by atoms with Crippen molar-refractivity contribution in [1.29, 1.82) is 0 Å². The van der Waals surface area contributed by atoms with E-state index in [1.807, 2.05) is 12.1 Å². The number of hydrogen-bond acceptors (Lipinski definition) is 5. The zero-order valence-electron chi connectivity index (χ0n) is 12.8. The second-order valence-electron chi connectivity index (χ2n) is 5.41.